The van der Waals surface area contributed by atoms with Crippen LogP contribution in [-0.4, -0.2) is 18.9 Å². The highest BCUT2D eigenvalue weighted by molar-refractivity contribution is 6.06. The minimum Gasteiger partial charge on any atom is -0.497 e. The molecule has 0 radical (unpaired) electrons. The first-order valence-electron chi connectivity index (χ1n) is 11.5. The van der Waals surface area contributed by atoms with Crippen LogP contribution in [-0.2, 0) is 24.3 Å². The average Bonchev–Trinajstić information content (AvgIpc) is 2.92. The number of amides is 2. The molecule has 0 aliphatic heterocycles. The first kappa shape index (κ1) is 23.8. The number of anilines is 1. The fourth-order valence-electron chi connectivity index (χ4n) is 3.77. The summed E-state index contributed by atoms with van der Waals surface area (Å²) in [5, 5.41) is 2.95. The van der Waals surface area contributed by atoms with Crippen molar-refractivity contribution in [2.24, 2.45) is 0 Å². The Kier molecular flexibility index (Phi) is 7.92. The Morgan fingerprint density at radius 2 is 1.31 bits per heavy atom. The van der Waals surface area contributed by atoms with Crippen LogP contribution in [0.5, 0.6) is 5.75 Å². The van der Waals surface area contributed by atoms with E-state index >= 15 is 0 Å². The minimum absolute atomic E-state index is 0.0444. The summed E-state index contributed by atoms with van der Waals surface area (Å²) in [7, 11) is 1.63. The quantitative estimate of drug-likeness (QED) is 0.361. The van der Waals surface area contributed by atoms with Crippen LogP contribution in [0.25, 0.3) is 0 Å². The zero-order valence-corrected chi connectivity index (χ0v) is 19.7. The number of nitrogens with zero attached hydrogens (tertiary/aromatic N) is 1. The monoisotopic (exact) mass is 464 g/mol. The van der Waals surface area contributed by atoms with Crippen molar-refractivity contribution in [3.63, 3.8) is 0 Å². The molecule has 2 amide bonds. The van der Waals surface area contributed by atoms with Crippen molar-refractivity contribution in [2.45, 2.75) is 19.5 Å². The molecule has 4 rings (SSSR count). The van der Waals surface area contributed by atoms with Gasteiger partial charge in [0, 0.05) is 17.8 Å². The summed E-state index contributed by atoms with van der Waals surface area (Å²) in [6.45, 7) is 0.910. The van der Waals surface area contributed by atoms with Gasteiger partial charge in [0.1, 0.15) is 5.75 Å². The highest BCUT2D eigenvalue weighted by Gasteiger charge is 2.18. The van der Waals surface area contributed by atoms with Gasteiger partial charge < -0.3 is 15.0 Å². The number of carbonyl (C=O) groups is 2. The predicted molar refractivity (Wildman–Crippen MR) is 138 cm³/mol. The number of hydrogen-bond donors (Lipinski definition) is 1. The molecule has 0 saturated heterocycles. The van der Waals surface area contributed by atoms with E-state index < -0.39 is 0 Å². The van der Waals surface area contributed by atoms with E-state index in [0.29, 0.717) is 18.7 Å². The maximum atomic E-state index is 13.4. The van der Waals surface area contributed by atoms with Crippen LogP contribution in [0, 0.1) is 0 Å². The maximum absolute atomic E-state index is 13.4. The predicted octanol–water partition coefficient (Wildman–Crippen LogP) is 5.40. The second-order valence-corrected chi connectivity index (χ2v) is 8.21. The van der Waals surface area contributed by atoms with E-state index in [-0.39, 0.29) is 18.2 Å². The second kappa shape index (κ2) is 11.7. The Morgan fingerprint density at radius 1 is 0.714 bits per heavy atom. The van der Waals surface area contributed by atoms with Crippen molar-refractivity contribution in [1.82, 2.24) is 5.32 Å². The van der Waals surface area contributed by atoms with Gasteiger partial charge in [-0.25, -0.2) is 0 Å². The topological polar surface area (TPSA) is 58.6 Å². The summed E-state index contributed by atoms with van der Waals surface area (Å²) >= 11 is 0. The van der Waals surface area contributed by atoms with Crippen molar-refractivity contribution in [3.8, 4) is 5.75 Å². The SMILES string of the molecule is COc1ccc(CN(C(=O)c2ccccc2)c2ccc(CC(=O)NCc3ccccc3)cc2)cc1. The lowest BCUT2D eigenvalue weighted by atomic mass is 10.1. The Bertz CT molecular complexity index is 1240. The van der Waals surface area contributed by atoms with Crippen molar-refractivity contribution in [1.29, 1.82) is 0 Å². The molecule has 35 heavy (non-hydrogen) atoms. The van der Waals surface area contributed by atoms with Gasteiger partial charge in [0.25, 0.3) is 5.91 Å². The fraction of sp³-hybridized carbons (Fsp3) is 0.133. The van der Waals surface area contributed by atoms with Gasteiger partial charge in [-0.1, -0.05) is 72.8 Å². The van der Waals surface area contributed by atoms with Crippen molar-refractivity contribution in [2.75, 3.05) is 12.0 Å². The van der Waals surface area contributed by atoms with Crippen molar-refractivity contribution in [3.05, 3.63) is 131 Å². The summed E-state index contributed by atoms with van der Waals surface area (Å²) in [4.78, 5) is 27.5. The lowest BCUT2D eigenvalue weighted by Crippen LogP contribution is -2.30. The van der Waals surface area contributed by atoms with E-state index in [9.17, 15) is 9.59 Å². The molecule has 0 saturated carbocycles. The molecule has 4 aromatic carbocycles. The highest BCUT2D eigenvalue weighted by atomic mass is 16.5. The summed E-state index contributed by atoms with van der Waals surface area (Å²) in [6.07, 6.45) is 0.276. The number of carbonyl (C=O) groups excluding carboxylic acids is 2. The normalized spacial score (nSPS) is 10.4. The van der Waals surface area contributed by atoms with E-state index in [0.717, 1.165) is 28.1 Å². The Balaban J connectivity index is 1.48. The molecule has 176 valence electrons. The molecule has 1 N–H and O–H groups in total. The molecule has 0 heterocycles. The molecule has 0 atom stereocenters. The summed E-state index contributed by atoms with van der Waals surface area (Å²) in [5.41, 5.74) is 4.31. The molecular formula is C30H28N2O3. The van der Waals surface area contributed by atoms with Gasteiger partial charge in [-0.05, 0) is 53.1 Å². The Hall–Kier alpha value is -4.38. The third kappa shape index (κ3) is 6.58. The average molecular weight is 465 g/mol. The van der Waals surface area contributed by atoms with Crippen LogP contribution in [0.4, 0.5) is 5.69 Å². The fourth-order valence-corrected chi connectivity index (χ4v) is 3.77. The largest absolute Gasteiger partial charge is 0.497 e. The third-order valence-electron chi connectivity index (χ3n) is 5.71. The number of benzene rings is 4. The number of methoxy groups -OCH3 is 1. The molecule has 0 aliphatic rings. The van der Waals surface area contributed by atoms with Crippen molar-refractivity contribution < 1.29 is 14.3 Å². The number of ether oxygens (including phenoxy) is 1. The first-order valence-corrected chi connectivity index (χ1v) is 11.5. The van der Waals surface area contributed by atoms with Crippen LogP contribution in [0.2, 0.25) is 0 Å². The van der Waals surface area contributed by atoms with Gasteiger partial charge >= 0.3 is 0 Å². The van der Waals surface area contributed by atoms with Gasteiger partial charge in [-0.15, -0.1) is 0 Å². The molecule has 0 unspecified atom stereocenters. The Labute approximate surface area is 206 Å². The molecule has 0 fully saturated rings. The van der Waals surface area contributed by atoms with E-state index in [4.69, 9.17) is 4.74 Å². The van der Waals surface area contributed by atoms with Crippen LogP contribution in [0.3, 0.4) is 0 Å². The second-order valence-electron chi connectivity index (χ2n) is 8.21. The molecule has 0 bridgehead atoms. The van der Waals surface area contributed by atoms with Gasteiger partial charge in [0.2, 0.25) is 5.91 Å². The highest BCUT2D eigenvalue weighted by Crippen LogP contribution is 2.22. The molecule has 4 aromatic rings. The zero-order chi connectivity index (χ0) is 24.5. The van der Waals surface area contributed by atoms with Crippen molar-refractivity contribution >= 4 is 17.5 Å². The van der Waals surface area contributed by atoms with Crippen LogP contribution >= 0.6 is 0 Å². The summed E-state index contributed by atoms with van der Waals surface area (Å²) < 4.78 is 5.25. The first-order chi connectivity index (χ1) is 17.1. The lowest BCUT2D eigenvalue weighted by Gasteiger charge is -2.23. The smallest absolute Gasteiger partial charge is 0.258 e. The molecular weight excluding hydrogens is 436 g/mol. The summed E-state index contributed by atoms with van der Waals surface area (Å²) in [6, 6.07) is 34.3. The number of nitrogens with one attached hydrogen (secondary N) is 1. The van der Waals surface area contributed by atoms with Gasteiger partial charge in [-0.2, -0.15) is 0 Å². The maximum Gasteiger partial charge on any atom is 0.258 e. The zero-order valence-electron chi connectivity index (χ0n) is 19.7. The minimum atomic E-state index is -0.0882. The van der Waals surface area contributed by atoms with E-state index in [1.54, 1.807) is 12.0 Å². The molecule has 5 nitrogen and oxygen atoms in total. The molecule has 0 aromatic heterocycles. The summed E-state index contributed by atoms with van der Waals surface area (Å²) in [5.74, 6) is 0.636. The van der Waals surface area contributed by atoms with Gasteiger partial charge in [0.05, 0.1) is 20.1 Å². The molecule has 0 aliphatic carbocycles. The van der Waals surface area contributed by atoms with Crippen LogP contribution in [0.15, 0.2) is 109 Å². The standard InChI is InChI=1S/C30H28N2O3/c1-35-28-18-14-25(15-19-28)22-32(30(34)26-10-6-3-7-11-26)27-16-12-23(13-17-27)20-29(33)31-21-24-8-4-2-5-9-24/h2-19H,20-22H2,1H3,(H,31,33). The third-order valence-corrected chi connectivity index (χ3v) is 5.71. The van der Waals surface area contributed by atoms with E-state index in [1.165, 1.54) is 0 Å². The van der Waals surface area contributed by atoms with Gasteiger partial charge in [-0.3, -0.25) is 9.59 Å². The van der Waals surface area contributed by atoms with Crippen LogP contribution < -0.4 is 15.0 Å². The van der Waals surface area contributed by atoms with Crippen LogP contribution in [0.1, 0.15) is 27.0 Å². The number of rotatable bonds is 9. The van der Waals surface area contributed by atoms with Gasteiger partial charge in [0.15, 0.2) is 0 Å². The Morgan fingerprint density at radius 3 is 1.94 bits per heavy atom. The number of hydrogen-bond acceptors (Lipinski definition) is 3. The van der Waals surface area contributed by atoms with E-state index in [1.807, 2.05) is 109 Å². The lowest BCUT2D eigenvalue weighted by molar-refractivity contribution is -0.120. The molecule has 5 heteroatoms. The van der Waals surface area contributed by atoms with E-state index in [2.05, 4.69) is 5.32 Å². The molecule has 0 spiro atoms.